The van der Waals surface area contributed by atoms with Crippen molar-refractivity contribution in [3.05, 3.63) is 71.9 Å². The van der Waals surface area contributed by atoms with E-state index in [0.717, 1.165) is 5.69 Å². The largest absolute Gasteiger partial charge is 0.505 e. The first-order valence-corrected chi connectivity index (χ1v) is 7.44. The maximum atomic E-state index is 13.0. The summed E-state index contributed by atoms with van der Waals surface area (Å²) in [5, 5.41) is 20.0. The van der Waals surface area contributed by atoms with E-state index in [4.69, 9.17) is 0 Å². The molecule has 0 bridgehead atoms. The molecule has 0 atom stereocenters. The summed E-state index contributed by atoms with van der Waals surface area (Å²) in [4.78, 5) is 12.5. The molecule has 6 heteroatoms. The van der Waals surface area contributed by atoms with Gasteiger partial charge in [0.25, 0.3) is 0 Å². The Hall–Kier alpha value is -3.59. The first-order valence-electron chi connectivity index (χ1n) is 7.44. The molecular formula is C19H13FN4O. The van der Waals surface area contributed by atoms with Crippen molar-refractivity contribution in [1.29, 1.82) is 5.26 Å². The number of rotatable bonds is 3. The molecule has 0 radical (unpaired) electrons. The summed E-state index contributed by atoms with van der Waals surface area (Å²) in [6.45, 7) is 1.83. The monoisotopic (exact) mass is 332 g/mol. The number of benzene rings is 1. The highest BCUT2D eigenvalue weighted by atomic mass is 19.1. The van der Waals surface area contributed by atoms with E-state index in [-0.39, 0.29) is 22.8 Å². The van der Waals surface area contributed by atoms with Gasteiger partial charge >= 0.3 is 0 Å². The summed E-state index contributed by atoms with van der Waals surface area (Å²) in [6, 6.07) is 12.4. The van der Waals surface area contributed by atoms with Gasteiger partial charge in [-0.05, 0) is 49.4 Å². The third kappa shape index (κ3) is 3.51. The Morgan fingerprint density at radius 3 is 2.52 bits per heavy atom. The lowest BCUT2D eigenvalue weighted by molar-refractivity contribution is 0.474. The van der Waals surface area contributed by atoms with Gasteiger partial charge in [-0.15, -0.1) is 0 Å². The minimum absolute atomic E-state index is 0.0125. The Morgan fingerprint density at radius 1 is 1.12 bits per heavy atom. The lowest BCUT2D eigenvalue weighted by Gasteiger charge is -2.08. The highest BCUT2D eigenvalue weighted by molar-refractivity contribution is 6.15. The van der Waals surface area contributed by atoms with Crippen molar-refractivity contribution >= 4 is 11.4 Å². The number of nitrogens with zero attached hydrogens (tertiary/aromatic N) is 4. The Kier molecular flexibility index (Phi) is 4.48. The van der Waals surface area contributed by atoms with Crippen molar-refractivity contribution in [2.75, 3.05) is 0 Å². The number of hydrogen-bond donors (Lipinski definition) is 1. The molecule has 0 fully saturated rings. The molecule has 2 heterocycles. The Balaban J connectivity index is 2.09. The highest BCUT2D eigenvalue weighted by Gasteiger charge is 2.15. The lowest BCUT2D eigenvalue weighted by atomic mass is 10.1. The number of pyridine rings is 2. The van der Waals surface area contributed by atoms with Crippen molar-refractivity contribution in [3.63, 3.8) is 0 Å². The van der Waals surface area contributed by atoms with E-state index in [9.17, 15) is 14.8 Å². The fourth-order valence-corrected chi connectivity index (χ4v) is 2.34. The summed E-state index contributed by atoms with van der Waals surface area (Å²) in [7, 11) is 0. The van der Waals surface area contributed by atoms with Crippen LogP contribution in [0.15, 0.2) is 59.9 Å². The number of aliphatic imine (C=N–C) groups is 1. The average Bonchev–Trinajstić information content (AvgIpc) is 2.62. The van der Waals surface area contributed by atoms with Gasteiger partial charge in [0.2, 0.25) is 0 Å². The third-order valence-corrected chi connectivity index (χ3v) is 3.52. The molecule has 0 aliphatic carbocycles. The van der Waals surface area contributed by atoms with E-state index in [1.54, 1.807) is 18.3 Å². The van der Waals surface area contributed by atoms with Crippen LogP contribution < -0.4 is 0 Å². The van der Waals surface area contributed by atoms with E-state index in [1.165, 1.54) is 36.5 Å². The van der Waals surface area contributed by atoms with E-state index in [0.29, 0.717) is 16.9 Å². The number of aryl methyl sites for hydroxylation is 1. The molecule has 0 aliphatic rings. The predicted molar refractivity (Wildman–Crippen MR) is 92.1 cm³/mol. The summed E-state index contributed by atoms with van der Waals surface area (Å²) in [5.41, 5.74) is 2.49. The molecule has 25 heavy (non-hydrogen) atoms. The number of aromatic nitrogens is 2. The SMILES string of the molecule is Cc1cc(-c2nccc(C(C#N)=Nc3ccc(F)cc3)c2O)ccn1. The first kappa shape index (κ1) is 16.3. The molecule has 0 saturated carbocycles. The topological polar surface area (TPSA) is 82.2 Å². The van der Waals surface area contributed by atoms with Gasteiger partial charge in [-0.2, -0.15) is 5.26 Å². The molecule has 0 saturated heterocycles. The van der Waals surface area contributed by atoms with Crippen LogP contribution in [-0.4, -0.2) is 20.8 Å². The Labute approximate surface area is 143 Å². The zero-order valence-electron chi connectivity index (χ0n) is 13.3. The maximum absolute atomic E-state index is 13.0. The van der Waals surface area contributed by atoms with E-state index >= 15 is 0 Å². The lowest BCUT2D eigenvalue weighted by Crippen LogP contribution is -2.00. The predicted octanol–water partition coefficient (Wildman–Crippen LogP) is 3.94. The quantitative estimate of drug-likeness (QED) is 0.736. The van der Waals surface area contributed by atoms with Crippen LogP contribution in [0.25, 0.3) is 11.3 Å². The summed E-state index contributed by atoms with van der Waals surface area (Å²) in [6.07, 6.45) is 3.12. The fourth-order valence-electron chi connectivity index (χ4n) is 2.34. The van der Waals surface area contributed by atoms with Crippen LogP contribution in [0, 0.1) is 24.1 Å². The molecule has 2 aromatic heterocycles. The van der Waals surface area contributed by atoms with Crippen molar-refractivity contribution in [3.8, 4) is 23.1 Å². The molecule has 3 aromatic rings. The maximum Gasteiger partial charge on any atom is 0.152 e. The van der Waals surface area contributed by atoms with Crippen molar-refractivity contribution in [2.45, 2.75) is 6.92 Å². The molecular weight excluding hydrogens is 319 g/mol. The first-order chi connectivity index (χ1) is 12.1. The van der Waals surface area contributed by atoms with Gasteiger partial charge in [0, 0.05) is 23.7 Å². The molecule has 3 rings (SSSR count). The summed E-state index contributed by atoms with van der Waals surface area (Å²) < 4.78 is 13.0. The van der Waals surface area contributed by atoms with Gasteiger partial charge in [0.1, 0.15) is 17.6 Å². The van der Waals surface area contributed by atoms with Crippen molar-refractivity contribution in [1.82, 2.24) is 9.97 Å². The van der Waals surface area contributed by atoms with Gasteiger partial charge in [-0.3, -0.25) is 9.97 Å². The molecule has 1 aromatic carbocycles. The normalized spacial score (nSPS) is 11.2. The Morgan fingerprint density at radius 2 is 1.84 bits per heavy atom. The average molecular weight is 332 g/mol. The van der Waals surface area contributed by atoms with Crippen LogP contribution in [0.1, 0.15) is 11.3 Å². The van der Waals surface area contributed by atoms with Crippen LogP contribution >= 0.6 is 0 Å². The van der Waals surface area contributed by atoms with Crippen LogP contribution in [0.4, 0.5) is 10.1 Å². The van der Waals surface area contributed by atoms with Crippen molar-refractivity contribution < 1.29 is 9.50 Å². The second-order valence-electron chi connectivity index (χ2n) is 5.29. The van der Waals surface area contributed by atoms with Crippen LogP contribution in [-0.2, 0) is 0 Å². The van der Waals surface area contributed by atoms with Gasteiger partial charge in [-0.25, -0.2) is 9.38 Å². The molecule has 0 amide bonds. The summed E-state index contributed by atoms with van der Waals surface area (Å²) >= 11 is 0. The molecule has 1 N–H and O–H groups in total. The number of hydrogen-bond acceptors (Lipinski definition) is 5. The third-order valence-electron chi connectivity index (χ3n) is 3.52. The molecule has 122 valence electrons. The van der Waals surface area contributed by atoms with Crippen LogP contribution in [0.3, 0.4) is 0 Å². The molecule has 0 spiro atoms. The van der Waals surface area contributed by atoms with Gasteiger partial charge in [0.15, 0.2) is 11.5 Å². The molecule has 5 nitrogen and oxygen atoms in total. The van der Waals surface area contributed by atoms with E-state index in [2.05, 4.69) is 15.0 Å². The van der Waals surface area contributed by atoms with Crippen LogP contribution in [0.2, 0.25) is 0 Å². The van der Waals surface area contributed by atoms with Gasteiger partial charge in [0.05, 0.1) is 11.3 Å². The second kappa shape index (κ2) is 6.89. The van der Waals surface area contributed by atoms with Gasteiger partial charge in [-0.1, -0.05) is 0 Å². The minimum Gasteiger partial charge on any atom is -0.505 e. The zero-order valence-corrected chi connectivity index (χ0v) is 13.3. The number of halogens is 1. The van der Waals surface area contributed by atoms with Gasteiger partial charge < -0.3 is 5.11 Å². The van der Waals surface area contributed by atoms with E-state index in [1.807, 2.05) is 13.0 Å². The Bertz CT molecular complexity index is 991. The molecule has 0 unspecified atom stereocenters. The molecule has 0 aliphatic heterocycles. The number of aromatic hydroxyl groups is 1. The standard InChI is InChI=1S/C19H13FN4O/c1-12-10-13(6-8-22-12)18-19(25)16(7-9-23-18)17(11-21)24-15-4-2-14(20)3-5-15/h2-10,25H,1H3. The number of nitriles is 1. The van der Waals surface area contributed by atoms with E-state index < -0.39 is 0 Å². The fraction of sp³-hybridized carbons (Fsp3) is 0.0526. The van der Waals surface area contributed by atoms with Crippen LogP contribution in [0.5, 0.6) is 5.75 Å². The smallest absolute Gasteiger partial charge is 0.152 e. The minimum atomic E-state index is -0.389. The van der Waals surface area contributed by atoms with Crippen molar-refractivity contribution in [2.24, 2.45) is 4.99 Å². The highest BCUT2D eigenvalue weighted by Crippen LogP contribution is 2.31. The second-order valence-corrected chi connectivity index (χ2v) is 5.29. The zero-order chi connectivity index (χ0) is 17.8. The summed E-state index contributed by atoms with van der Waals surface area (Å²) in [5.74, 6) is -0.532.